The van der Waals surface area contributed by atoms with Crippen molar-refractivity contribution in [3.63, 3.8) is 0 Å². The van der Waals surface area contributed by atoms with Gasteiger partial charge < -0.3 is 5.11 Å². The van der Waals surface area contributed by atoms with E-state index in [-0.39, 0.29) is 0 Å². The predicted octanol–water partition coefficient (Wildman–Crippen LogP) is 4.48. The Morgan fingerprint density at radius 3 is 2.17 bits per heavy atom. The van der Waals surface area contributed by atoms with E-state index in [4.69, 9.17) is 0 Å². The van der Waals surface area contributed by atoms with Crippen LogP contribution >= 0.6 is 0 Å². The molecular weight excluding hydrogens is 302 g/mol. The van der Waals surface area contributed by atoms with Crippen molar-refractivity contribution >= 4 is 17.7 Å². The fourth-order valence-corrected chi connectivity index (χ4v) is 2.47. The summed E-state index contributed by atoms with van der Waals surface area (Å²) in [5.74, 6) is -0.591. The number of benzene rings is 3. The molecule has 1 N–H and O–H groups in total. The van der Waals surface area contributed by atoms with Gasteiger partial charge in [-0.2, -0.15) is 0 Å². The molecule has 0 unspecified atom stereocenters. The molecule has 3 aromatic rings. The number of hydrogen-bond donors (Lipinski definition) is 1. The molecular formula is C20H14NO3. The maximum atomic E-state index is 12.7. The largest absolute Gasteiger partial charge is 0.464 e. The van der Waals surface area contributed by atoms with E-state index in [2.05, 4.69) is 6.07 Å². The lowest BCUT2D eigenvalue weighted by molar-refractivity contribution is 0.0983. The summed E-state index contributed by atoms with van der Waals surface area (Å²) in [7, 11) is 0. The van der Waals surface area contributed by atoms with Crippen molar-refractivity contribution in [2.24, 2.45) is 0 Å². The highest BCUT2D eigenvalue weighted by Gasteiger charge is 2.26. The first kappa shape index (κ1) is 15.5. The molecule has 1 radical (unpaired) electrons. The third-order valence-electron chi connectivity index (χ3n) is 3.56. The second kappa shape index (κ2) is 6.79. The van der Waals surface area contributed by atoms with E-state index in [0.29, 0.717) is 16.8 Å². The van der Waals surface area contributed by atoms with Gasteiger partial charge in [-0.05, 0) is 29.8 Å². The number of imide groups is 1. The summed E-state index contributed by atoms with van der Waals surface area (Å²) in [5, 5.41) is 9.62. The molecule has 0 bridgehead atoms. The SMILES string of the molecule is O=C(O)N(C(=O)c1ccccc1)c1ccccc1-c1[c]cccc1. The first-order valence-electron chi connectivity index (χ1n) is 7.37. The molecule has 4 nitrogen and oxygen atoms in total. The van der Waals surface area contributed by atoms with Crippen molar-refractivity contribution < 1.29 is 14.7 Å². The normalized spacial score (nSPS) is 10.2. The predicted molar refractivity (Wildman–Crippen MR) is 92.0 cm³/mol. The maximum absolute atomic E-state index is 12.7. The summed E-state index contributed by atoms with van der Waals surface area (Å²) in [6, 6.07) is 25.6. The van der Waals surface area contributed by atoms with E-state index in [9.17, 15) is 14.7 Å². The van der Waals surface area contributed by atoms with Crippen LogP contribution in [0.25, 0.3) is 11.1 Å². The van der Waals surface area contributed by atoms with Gasteiger partial charge >= 0.3 is 6.09 Å². The topological polar surface area (TPSA) is 57.6 Å². The van der Waals surface area contributed by atoms with Gasteiger partial charge in [0.15, 0.2) is 0 Å². The van der Waals surface area contributed by atoms with Crippen LogP contribution in [-0.4, -0.2) is 17.1 Å². The quantitative estimate of drug-likeness (QED) is 0.775. The number of rotatable bonds is 3. The van der Waals surface area contributed by atoms with E-state index in [1.807, 2.05) is 18.2 Å². The maximum Gasteiger partial charge on any atom is 0.419 e. The Kier molecular flexibility index (Phi) is 4.38. The van der Waals surface area contributed by atoms with Crippen molar-refractivity contribution in [1.29, 1.82) is 0 Å². The van der Waals surface area contributed by atoms with Gasteiger partial charge in [0.2, 0.25) is 0 Å². The molecule has 0 saturated heterocycles. The zero-order valence-electron chi connectivity index (χ0n) is 12.7. The minimum atomic E-state index is -1.33. The van der Waals surface area contributed by atoms with E-state index in [1.165, 1.54) is 0 Å². The Balaban J connectivity index is 2.11. The van der Waals surface area contributed by atoms with Crippen LogP contribution in [-0.2, 0) is 0 Å². The zero-order valence-corrected chi connectivity index (χ0v) is 12.7. The Hall–Kier alpha value is -3.40. The van der Waals surface area contributed by atoms with Crippen LogP contribution in [0.4, 0.5) is 10.5 Å². The molecule has 0 aliphatic heterocycles. The summed E-state index contributed by atoms with van der Waals surface area (Å²) in [5.41, 5.74) is 1.97. The highest BCUT2D eigenvalue weighted by Crippen LogP contribution is 2.31. The van der Waals surface area contributed by atoms with E-state index < -0.39 is 12.0 Å². The molecule has 0 heterocycles. The third-order valence-corrected chi connectivity index (χ3v) is 3.56. The Morgan fingerprint density at radius 1 is 0.833 bits per heavy atom. The molecule has 0 aliphatic rings. The Labute approximate surface area is 139 Å². The minimum Gasteiger partial charge on any atom is -0.464 e. The highest BCUT2D eigenvalue weighted by molar-refractivity contribution is 6.20. The summed E-state index contributed by atoms with van der Waals surface area (Å²) in [4.78, 5) is 25.3. The smallest absolute Gasteiger partial charge is 0.419 e. The average molecular weight is 316 g/mol. The van der Waals surface area contributed by atoms with Crippen molar-refractivity contribution in [2.45, 2.75) is 0 Å². The van der Waals surface area contributed by atoms with Crippen LogP contribution in [0.1, 0.15) is 10.4 Å². The van der Waals surface area contributed by atoms with Gasteiger partial charge in [0.05, 0.1) is 5.69 Å². The number of amides is 2. The van der Waals surface area contributed by atoms with Gasteiger partial charge in [0.1, 0.15) is 0 Å². The van der Waals surface area contributed by atoms with Gasteiger partial charge in [0, 0.05) is 11.1 Å². The number of carbonyl (C=O) groups excluding carboxylic acids is 1. The molecule has 0 aromatic heterocycles. The number of anilines is 1. The Morgan fingerprint density at radius 2 is 1.50 bits per heavy atom. The van der Waals surface area contributed by atoms with Crippen LogP contribution in [0.5, 0.6) is 0 Å². The molecule has 0 aliphatic carbocycles. The second-order valence-electron chi connectivity index (χ2n) is 5.08. The molecule has 3 aromatic carbocycles. The lowest BCUT2D eigenvalue weighted by Gasteiger charge is -2.20. The fourth-order valence-electron chi connectivity index (χ4n) is 2.47. The van der Waals surface area contributed by atoms with Crippen LogP contribution in [0, 0.1) is 6.07 Å². The minimum absolute atomic E-state index is 0.307. The fraction of sp³-hybridized carbons (Fsp3) is 0. The summed E-state index contributed by atoms with van der Waals surface area (Å²) < 4.78 is 0. The molecule has 3 rings (SSSR count). The molecule has 0 fully saturated rings. The van der Waals surface area contributed by atoms with E-state index in [1.54, 1.807) is 60.7 Å². The molecule has 24 heavy (non-hydrogen) atoms. The molecule has 2 amide bonds. The Bertz CT molecular complexity index is 860. The summed E-state index contributed by atoms with van der Waals surface area (Å²) in [6.45, 7) is 0. The lowest BCUT2D eigenvalue weighted by Crippen LogP contribution is -2.36. The molecule has 0 atom stereocenters. The molecule has 4 heteroatoms. The van der Waals surface area contributed by atoms with Gasteiger partial charge in [-0.25, -0.2) is 9.69 Å². The van der Waals surface area contributed by atoms with Crippen LogP contribution in [0.15, 0.2) is 78.9 Å². The third kappa shape index (κ3) is 3.03. The van der Waals surface area contributed by atoms with Crippen molar-refractivity contribution in [3.05, 3.63) is 90.5 Å². The number of carbonyl (C=O) groups is 2. The van der Waals surface area contributed by atoms with Gasteiger partial charge in [-0.1, -0.05) is 60.7 Å². The lowest BCUT2D eigenvalue weighted by atomic mass is 10.0. The summed E-state index contributed by atoms with van der Waals surface area (Å²) >= 11 is 0. The standard InChI is InChI=1S/C20H14NO3/c22-19(16-11-5-2-6-12-16)21(20(23)24)18-14-8-7-13-17(18)15-9-3-1-4-10-15/h1-9,11-14H,(H,23,24). The average Bonchev–Trinajstić information content (AvgIpc) is 2.63. The zero-order chi connectivity index (χ0) is 16.9. The molecule has 0 saturated carbocycles. The highest BCUT2D eigenvalue weighted by atomic mass is 16.4. The number of carboxylic acid groups (broad SMARTS) is 1. The number of nitrogens with zero attached hydrogens (tertiary/aromatic N) is 1. The second-order valence-corrected chi connectivity index (χ2v) is 5.08. The van der Waals surface area contributed by atoms with Crippen molar-refractivity contribution in [3.8, 4) is 11.1 Å². The molecule has 117 valence electrons. The van der Waals surface area contributed by atoms with Crippen molar-refractivity contribution in [2.75, 3.05) is 4.90 Å². The number of para-hydroxylation sites is 1. The monoisotopic (exact) mass is 316 g/mol. The van der Waals surface area contributed by atoms with E-state index >= 15 is 0 Å². The van der Waals surface area contributed by atoms with Crippen LogP contribution in [0.2, 0.25) is 0 Å². The summed E-state index contributed by atoms with van der Waals surface area (Å²) in [6.07, 6.45) is -1.33. The van der Waals surface area contributed by atoms with Crippen molar-refractivity contribution in [1.82, 2.24) is 0 Å². The number of hydrogen-bond acceptors (Lipinski definition) is 2. The van der Waals surface area contributed by atoms with Gasteiger partial charge in [-0.3, -0.25) is 4.79 Å². The van der Waals surface area contributed by atoms with Gasteiger partial charge in [-0.15, -0.1) is 0 Å². The van der Waals surface area contributed by atoms with Gasteiger partial charge in [0.25, 0.3) is 5.91 Å². The molecule has 0 spiro atoms. The first-order valence-corrected chi connectivity index (χ1v) is 7.37. The van der Waals surface area contributed by atoms with Crippen LogP contribution in [0.3, 0.4) is 0 Å². The van der Waals surface area contributed by atoms with Crippen LogP contribution < -0.4 is 4.90 Å². The van der Waals surface area contributed by atoms with E-state index in [0.717, 1.165) is 10.5 Å². The first-order chi connectivity index (χ1) is 11.7.